The number of hydrogen-bond donors (Lipinski definition) is 0. The maximum Gasteiger partial charge on any atom is 0.0786 e. The summed E-state index contributed by atoms with van der Waals surface area (Å²) in [5.41, 5.74) is 0. The van der Waals surface area contributed by atoms with Crippen LogP contribution in [0.15, 0.2) is 35.2 Å². The Morgan fingerprint density at radius 3 is 1.31 bits per heavy atom. The van der Waals surface area contributed by atoms with Gasteiger partial charge < -0.3 is 9.04 Å². The Bertz CT molecular complexity index is 413. The maximum absolute atomic E-state index is 10.2. The summed E-state index contributed by atoms with van der Waals surface area (Å²) >= 11 is -2.08. The average Bonchev–Trinajstić information content (AvgIpc) is 2.68. The normalized spacial score (nSPS) is 12.3. The molecule has 0 aliphatic heterocycles. The van der Waals surface area contributed by atoms with Crippen LogP contribution in [0.4, 0.5) is 0 Å². The fourth-order valence-corrected chi connectivity index (χ4v) is 3.56. The molecule has 26 heavy (non-hydrogen) atoms. The van der Waals surface area contributed by atoms with Crippen molar-refractivity contribution in [2.24, 2.45) is 0 Å². The Kier molecular flexibility index (Phi) is 16.0. The van der Waals surface area contributed by atoms with Gasteiger partial charge in [-0.2, -0.15) is 0 Å². The summed E-state index contributed by atoms with van der Waals surface area (Å²) < 4.78 is 21.8. The van der Waals surface area contributed by atoms with Crippen molar-refractivity contribution < 1.29 is 13.2 Å². The smallest absolute Gasteiger partial charge is 0.0786 e. The van der Waals surface area contributed by atoms with Gasteiger partial charge in [0, 0.05) is 4.90 Å². The van der Waals surface area contributed by atoms with Gasteiger partial charge in [-0.25, -0.2) is 0 Å². The Hall–Kier alpha value is -0.710. The van der Waals surface area contributed by atoms with Gasteiger partial charge in [0.2, 0.25) is 0 Å². The van der Waals surface area contributed by atoms with Gasteiger partial charge in [-0.15, -0.1) is 0 Å². The first-order valence-corrected chi connectivity index (χ1v) is 11.6. The van der Waals surface area contributed by atoms with Gasteiger partial charge in [-0.3, -0.25) is 4.21 Å². The summed E-state index contributed by atoms with van der Waals surface area (Å²) in [6, 6.07) is 8.23. The number of unbranched alkanes of at least 4 members (excludes halogenated alkanes) is 4. The van der Waals surface area contributed by atoms with Crippen LogP contribution in [-0.4, -0.2) is 39.4 Å². The van der Waals surface area contributed by atoms with E-state index in [4.69, 9.17) is 0 Å². The Labute approximate surface area is 165 Å². The lowest BCUT2D eigenvalue weighted by molar-refractivity contribution is -0.929. The van der Waals surface area contributed by atoms with Crippen LogP contribution in [0.5, 0.6) is 0 Å². The highest BCUT2D eigenvalue weighted by atomic mass is 32.2. The minimum absolute atomic E-state index is 0.331. The molecule has 0 heterocycles. The predicted octanol–water partition coefficient (Wildman–Crippen LogP) is 5.93. The van der Waals surface area contributed by atoms with Crippen LogP contribution in [0.1, 0.15) is 79.1 Å². The lowest BCUT2D eigenvalue weighted by Crippen LogP contribution is -2.50. The van der Waals surface area contributed by atoms with E-state index >= 15 is 0 Å². The second-order valence-corrected chi connectivity index (χ2v) is 8.14. The van der Waals surface area contributed by atoms with Crippen molar-refractivity contribution in [2.45, 2.75) is 84.0 Å². The number of nitrogens with zero attached hydrogens (tertiary/aromatic N) is 1. The quantitative estimate of drug-likeness (QED) is 0.313. The molecule has 0 bridgehead atoms. The molecular formula is C22H41NO2S. The van der Waals surface area contributed by atoms with Crippen LogP contribution in [0, 0.1) is 0 Å². The molecule has 0 aromatic heterocycles. The van der Waals surface area contributed by atoms with E-state index < -0.39 is 11.1 Å². The fraction of sp³-hybridized carbons (Fsp3) is 0.727. The van der Waals surface area contributed by atoms with Gasteiger partial charge in [-0.1, -0.05) is 71.6 Å². The third-order valence-corrected chi connectivity index (χ3v) is 5.54. The highest BCUT2D eigenvalue weighted by molar-refractivity contribution is 7.79. The minimum atomic E-state index is -2.08. The monoisotopic (exact) mass is 383 g/mol. The molecule has 1 atom stereocenters. The van der Waals surface area contributed by atoms with Crippen molar-refractivity contribution in [1.29, 1.82) is 0 Å². The lowest BCUT2D eigenvalue weighted by Gasteiger charge is -2.39. The van der Waals surface area contributed by atoms with Gasteiger partial charge in [0.05, 0.1) is 26.2 Å². The van der Waals surface area contributed by atoms with E-state index in [0.29, 0.717) is 4.90 Å². The Balaban J connectivity index is 0.000000577. The number of benzene rings is 1. The molecule has 0 saturated heterocycles. The molecule has 3 nitrogen and oxygen atoms in total. The number of rotatable bonds is 13. The summed E-state index contributed by atoms with van der Waals surface area (Å²) in [6.45, 7) is 15.0. The summed E-state index contributed by atoms with van der Waals surface area (Å²) in [5, 5.41) is 0. The minimum Gasteiger partial charge on any atom is -0.768 e. The van der Waals surface area contributed by atoms with Gasteiger partial charge in [-0.05, 0) is 48.9 Å². The van der Waals surface area contributed by atoms with Crippen LogP contribution in [0.25, 0.3) is 0 Å². The zero-order valence-corrected chi connectivity index (χ0v) is 18.4. The zero-order chi connectivity index (χ0) is 19.7. The predicted molar refractivity (Wildman–Crippen MR) is 113 cm³/mol. The van der Waals surface area contributed by atoms with Crippen LogP contribution < -0.4 is 0 Å². The standard InChI is InChI=1S/C16H36N.C6H6O2S/c1-5-9-13-17(14-10-6-2,15-11-7-3)16-12-8-4;7-9(8)6-4-2-1-3-5-6/h5-16H2,1-4H3;1-5H,(H,7,8)/q+1;/p-1. The van der Waals surface area contributed by atoms with E-state index in [2.05, 4.69) is 27.7 Å². The first-order chi connectivity index (χ1) is 12.5. The van der Waals surface area contributed by atoms with E-state index in [0.717, 1.165) is 0 Å². The van der Waals surface area contributed by atoms with Crippen molar-refractivity contribution in [2.75, 3.05) is 26.2 Å². The van der Waals surface area contributed by atoms with Gasteiger partial charge in [0.1, 0.15) is 0 Å². The van der Waals surface area contributed by atoms with Crippen LogP contribution in [0.2, 0.25) is 0 Å². The third kappa shape index (κ3) is 11.8. The molecule has 1 aromatic carbocycles. The van der Waals surface area contributed by atoms with Crippen molar-refractivity contribution >= 4 is 11.1 Å². The van der Waals surface area contributed by atoms with Crippen molar-refractivity contribution in [3.05, 3.63) is 30.3 Å². The molecule has 0 N–H and O–H groups in total. The maximum atomic E-state index is 10.2. The van der Waals surface area contributed by atoms with Gasteiger partial charge in [0.15, 0.2) is 0 Å². The van der Waals surface area contributed by atoms with E-state index in [1.807, 2.05) is 0 Å². The summed E-state index contributed by atoms with van der Waals surface area (Å²) in [5.74, 6) is 0. The SMILES string of the molecule is CCCC[N+](CCCC)(CCCC)CCCC.O=S([O-])c1ccccc1. The molecule has 4 heteroatoms. The third-order valence-electron chi connectivity index (χ3n) is 4.88. The van der Waals surface area contributed by atoms with Crippen LogP contribution >= 0.6 is 0 Å². The number of hydrogen-bond acceptors (Lipinski definition) is 2. The Morgan fingerprint density at radius 1 is 0.731 bits per heavy atom. The summed E-state index contributed by atoms with van der Waals surface area (Å²) in [4.78, 5) is 0.331. The first kappa shape index (κ1) is 25.3. The molecule has 0 spiro atoms. The van der Waals surface area contributed by atoms with Gasteiger partial charge >= 0.3 is 0 Å². The molecule has 1 unspecified atom stereocenters. The number of quaternary nitrogens is 1. The highest BCUT2D eigenvalue weighted by Crippen LogP contribution is 2.16. The van der Waals surface area contributed by atoms with Crippen molar-refractivity contribution in [1.82, 2.24) is 0 Å². The topological polar surface area (TPSA) is 40.1 Å². The van der Waals surface area contributed by atoms with E-state index in [1.165, 1.54) is 82.0 Å². The molecule has 0 saturated carbocycles. The second kappa shape index (κ2) is 16.5. The second-order valence-electron chi connectivity index (χ2n) is 7.20. The lowest BCUT2D eigenvalue weighted by atomic mass is 10.1. The molecule has 1 aromatic rings. The summed E-state index contributed by atoms with van der Waals surface area (Å²) in [7, 11) is 0. The van der Waals surface area contributed by atoms with Crippen molar-refractivity contribution in [3.8, 4) is 0 Å². The zero-order valence-electron chi connectivity index (χ0n) is 17.5. The molecule has 0 aliphatic rings. The molecule has 152 valence electrons. The largest absolute Gasteiger partial charge is 0.768 e. The van der Waals surface area contributed by atoms with Crippen LogP contribution in [-0.2, 0) is 11.1 Å². The summed E-state index contributed by atoms with van der Waals surface area (Å²) in [6.07, 6.45) is 11.1. The molecule has 0 radical (unpaired) electrons. The van der Waals surface area contributed by atoms with E-state index in [1.54, 1.807) is 30.3 Å². The fourth-order valence-electron chi connectivity index (χ4n) is 3.18. The molecule has 0 fully saturated rings. The molecule has 0 amide bonds. The van der Waals surface area contributed by atoms with E-state index in [-0.39, 0.29) is 0 Å². The molecular weight excluding hydrogens is 342 g/mol. The molecule has 0 aliphatic carbocycles. The van der Waals surface area contributed by atoms with Crippen molar-refractivity contribution in [3.63, 3.8) is 0 Å². The van der Waals surface area contributed by atoms with Crippen LogP contribution in [0.3, 0.4) is 0 Å². The highest BCUT2D eigenvalue weighted by Gasteiger charge is 2.24. The molecule has 1 rings (SSSR count). The van der Waals surface area contributed by atoms with E-state index in [9.17, 15) is 8.76 Å². The average molecular weight is 384 g/mol. The Morgan fingerprint density at radius 2 is 1.08 bits per heavy atom. The first-order valence-electron chi connectivity index (χ1n) is 10.5. The van der Waals surface area contributed by atoms with Gasteiger partial charge in [0.25, 0.3) is 0 Å².